The third kappa shape index (κ3) is 3.11. The van der Waals surface area contributed by atoms with Crippen molar-refractivity contribution in [3.05, 3.63) is 57.4 Å². The number of hydrogen-bond acceptors (Lipinski definition) is 4. The molecule has 5 nitrogen and oxygen atoms in total. The predicted molar refractivity (Wildman–Crippen MR) is 72.2 cm³/mol. The summed E-state index contributed by atoms with van der Waals surface area (Å²) in [7, 11) is 0. The number of non-ortho nitro benzene ring substituents is 1. The smallest absolute Gasteiger partial charge is 0.273 e. The zero-order chi connectivity index (χ0) is 14.0. The van der Waals surface area contributed by atoms with Crippen LogP contribution in [-0.2, 0) is 0 Å². The average molecular weight is 282 g/mol. The zero-order valence-electron chi connectivity index (χ0n) is 9.56. The van der Waals surface area contributed by atoms with E-state index in [0.717, 1.165) is 0 Å². The Balaban J connectivity index is 2.32. The summed E-state index contributed by atoms with van der Waals surface area (Å²) in [6.45, 7) is 0. The summed E-state index contributed by atoms with van der Waals surface area (Å²) in [5, 5.41) is 13.5. The number of nitrogens with two attached hydrogens (primary N) is 1. The van der Waals surface area contributed by atoms with Crippen molar-refractivity contribution in [2.45, 2.75) is 0 Å². The number of halogens is 2. The second kappa shape index (κ2) is 5.11. The highest BCUT2D eigenvalue weighted by molar-refractivity contribution is 6.30. The topological polar surface area (TPSA) is 81.2 Å². The van der Waals surface area contributed by atoms with Crippen LogP contribution in [0.2, 0.25) is 5.02 Å². The molecule has 2 rings (SSSR count). The maximum absolute atomic E-state index is 13.3. The van der Waals surface area contributed by atoms with Crippen molar-refractivity contribution in [2.24, 2.45) is 0 Å². The molecule has 0 bridgehead atoms. The average Bonchev–Trinajstić information content (AvgIpc) is 2.33. The number of nitrogen functional groups attached to an aromatic ring is 1. The molecule has 2 aromatic rings. The number of nitro groups is 1. The molecule has 98 valence electrons. The molecule has 3 N–H and O–H groups in total. The Morgan fingerprint density at radius 2 is 1.95 bits per heavy atom. The van der Waals surface area contributed by atoms with Gasteiger partial charge in [-0.1, -0.05) is 11.6 Å². The lowest BCUT2D eigenvalue weighted by Gasteiger charge is -2.08. The van der Waals surface area contributed by atoms with Crippen molar-refractivity contribution >= 4 is 34.4 Å². The van der Waals surface area contributed by atoms with Crippen LogP contribution >= 0.6 is 11.6 Å². The summed E-state index contributed by atoms with van der Waals surface area (Å²) in [5.41, 5.74) is 6.48. The minimum atomic E-state index is -0.579. The first-order chi connectivity index (χ1) is 8.95. The minimum Gasteiger partial charge on any atom is -0.398 e. The molecule has 0 fully saturated rings. The third-order valence-corrected chi connectivity index (χ3v) is 2.67. The molecule has 0 aliphatic rings. The van der Waals surface area contributed by atoms with E-state index < -0.39 is 10.7 Å². The van der Waals surface area contributed by atoms with E-state index in [-0.39, 0.29) is 16.4 Å². The summed E-state index contributed by atoms with van der Waals surface area (Å²) in [5.74, 6) is -0.579. The Labute approximate surface area is 113 Å². The lowest BCUT2D eigenvalue weighted by Crippen LogP contribution is -1.96. The van der Waals surface area contributed by atoms with Gasteiger partial charge in [-0.05, 0) is 24.3 Å². The molecule has 0 aliphatic heterocycles. The second-order valence-corrected chi connectivity index (χ2v) is 4.23. The SMILES string of the molecule is Nc1cc(Nc2ccc(Cl)c(F)c2)cc([N+](=O)[O-])c1. The fraction of sp³-hybridized carbons (Fsp3) is 0. The molecule has 0 radical (unpaired) electrons. The molecule has 0 saturated heterocycles. The molecule has 0 spiro atoms. The minimum absolute atomic E-state index is 0.00380. The quantitative estimate of drug-likeness (QED) is 0.510. The van der Waals surface area contributed by atoms with Crippen LogP contribution in [-0.4, -0.2) is 4.92 Å². The van der Waals surface area contributed by atoms with Crippen molar-refractivity contribution in [1.29, 1.82) is 0 Å². The second-order valence-electron chi connectivity index (χ2n) is 3.82. The van der Waals surface area contributed by atoms with E-state index in [4.69, 9.17) is 17.3 Å². The number of rotatable bonds is 3. The molecule has 0 amide bonds. The van der Waals surface area contributed by atoms with Crippen LogP contribution in [0.15, 0.2) is 36.4 Å². The number of benzene rings is 2. The van der Waals surface area contributed by atoms with Crippen LogP contribution in [0.5, 0.6) is 0 Å². The summed E-state index contributed by atoms with van der Waals surface area (Å²) in [6.07, 6.45) is 0. The van der Waals surface area contributed by atoms with Crippen LogP contribution in [0.1, 0.15) is 0 Å². The molecule has 0 heterocycles. The summed E-state index contributed by atoms with van der Waals surface area (Å²) in [4.78, 5) is 10.1. The van der Waals surface area contributed by atoms with Gasteiger partial charge in [0.2, 0.25) is 0 Å². The van der Waals surface area contributed by atoms with Crippen LogP contribution in [0.3, 0.4) is 0 Å². The van der Waals surface area contributed by atoms with Gasteiger partial charge in [0.05, 0.1) is 9.95 Å². The maximum atomic E-state index is 13.3. The van der Waals surface area contributed by atoms with E-state index in [0.29, 0.717) is 11.4 Å². The number of anilines is 3. The molecule has 0 unspecified atom stereocenters. The van der Waals surface area contributed by atoms with Gasteiger partial charge in [0.15, 0.2) is 0 Å². The number of hydrogen-bond donors (Lipinski definition) is 2. The standard InChI is InChI=1S/C12H9ClFN3O2/c13-11-2-1-8(6-12(11)14)16-9-3-7(15)4-10(5-9)17(18)19/h1-6,16H,15H2. The molecule has 0 aliphatic carbocycles. The molecule has 0 aromatic heterocycles. The van der Waals surface area contributed by atoms with Crippen molar-refractivity contribution in [2.75, 3.05) is 11.1 Å². The lowest BCUT2D eigenvalue weighted by atomic mass is 10.2. The molecule has 0 saturated carbocycles. The van der Waals surface area contributed by atoms with E-state index in [1.807, 2.05) is 0 Å². The van der Waals surface area contributed by atoms with Gasteiger partial charge in [0.1, 0.15) is 5.82 Å². The fourth-order valence-corrected chi connectivity index (χ4v) is 1.67. The van der Waals surface area contributed by atoms with Gasteiger partial charge < -0.3 is 11.1 Å². The molecule has 2 aromatic carbocycles. The van der Waals surface area contributed by atoms with Crippen molar-refractivity contribution in [3.63, 3.8) is 0 Å². The first kappa shape index (κ1) is 13.1. The van der Waals surface area contributed by atoms with Gasteiger partial charge in [0, 0.05) is 29.2 Å². The Bertz CT molecular complexity index is 649. The summed E-state index contributed by atoms with van der Waals surface area (Å²) in [6, 6.07) is 8.20. The lowest BCUT2D eigenvalue weighted by molar-refractivity contribution is -0.384. The van der Waals surface area contributed by atoms with Gasteiger partial charge in [-0.3, -0.25) is 10.1 Å². The van der Waals surface area contributed by atoms with Crippen LogP contribution < -0.4 is 11.1 Å². The van der Waals surface area contributed by atoms with E-state index in [2.05, 4.69) is 5.32 Å². The molecular weight excluding hydrogens is 273 g/mol. The monoisotopic (exact) mass is 281 g/mol. The number of nitrogens with zero attached hydrogens (tertiary/aromatic N) is 1. The Hall–Kier alpha value is -2.34. The molecule has 0 atom stereocenters. The van der Waals surface area contributed by atoms with Crippen LogP contribution in [0.25, 0.3) is 0 Å². The highest BCUT2D eigenvalue weighted by Crippen LogP contribution is 2.26. The van der Waals surface area contributed by atoms with Gasteiger partial charge >= 0.3 is 0 Å². The Morgan fingerprint density at radius 3 is 2.58 bits per heavy atom. The zero-order valence-corrected chi connectivity index (χ0v) is 10.3. The van der Waals surface area contributed by atoms with Crippen molar-refractivity contribution in [3.8, 4) is 0 Å². The van der Waals surface area contributed by atoms with E-state index in [1.165, 1.54) is 30.3 Å². The number of nitrogens with one attached hydrogen (secondary N) is 1. The number of nitro benzene ring substituents is 1. The fourth-order valence-electron chi connectivity index (χ4n) is 1.55. The van der Waals surface area contributed by atoms with Crippen molar-refractivity contribution in [1.82, 2.24) is 0 Å². The first-order valence-electron chi connectivity index (χ1n) is 5.23. The van der Waals surface area contributed by atoms with Gasteiger partial charge in [-0.15, -0.1) is 0 Å². The van der Waals surface area contributed by atoms with E-state index >= 15 is 0 Å². The van der Waals surface area contributed by atoms with E-state index in [9.17, 15) is 14.5 Å². The maximum Gasteiger partial charge on any atom is 0.273 e. The van der Waals surface area contributed by atoms with E-state index in [1.54, 1.807) is 6.07 Å². The van der Waals surface area contributed by atoms with Gasteiger partial charge in [-0.2, -0.15) is 0 Å². The molecule has 7 heteroatoms. The highest BCUT2D eigenvalue weighted by atomic mass is 35.5. The van der Waals surface area contributed by atoms with Gasteiger partial charge in [-0.25, -0.2) is 4.39 Å². The summed E-state index contributed by atoms with van der Waals surface area (Å²) >= 11 is 5.56. The van der Waals surface area contributed by atoms with Crippen LogP contribution in [0.4, 0.5) is 27.1 Å². The largest absolute Gasteiger partial charge is 0.398 e. The highest BCUT2D eigenvalue weighted by Gasteiger charge is 2.09. The normalized spacial score (nSPS) is 10.2. The Kier molecular flexibility index (Phi) is 3.52. The third-order valence-electron chi connectivity index (χ3n) is 2.36. The van der Waals surface area contributed by atoms with Crippen LogP contribution in [0, 0.1) is 15.9 Å². The first-order valence-corrected chi connectivity index (χ1v) is 5.60. The van der Waals surface area contributed by atoms with Crippen molar-refractivity contribution < 1.29 is 9.31 Å². The molecular formula is C12H9ClFN3O2. The predicted octanol–water partition coefficient (Wildman–Crippen LogP) is 3.71. The Morgan fingerprint density at radius 1 is 1.21 bits per heavy atom. The molecule has 19 heavy (non-hydrogen) atoms. The summed E-state index contributed by atoms with van der Waals surface area (Å²) < 4.78 is 13.3. The van der Waals surface area contributed by atoms with Gasteiger partial charge in [0.25, 0.3) is 5.69 Å².